The van der Waals surface area contributed by atoms with Crippen molar-refractivity contribution in [3.05, 3.63) is 47.4 Å². The zero-order valence-corrected chi connectivity index (χ0v) is 11.0. The predicted molar refractivity (Wildman–Crippen MR) is 69.0 cm³/mol. The normalized spacial score (nSPS) is 11.2. The third kappa shape index (κ3) is 2.60. The SMILES string of the molecule is Cc1ccccc1S(=O)(=O)Nc1nccnc1Cl. The first kappa shape index (κ1) is 12.8. The Morgan fingerprint density at radius 1 is 1.17 bits per heavy atom. The Labute approximate surface area is 110 Å². The highest BCUT2D eigenvalue weighted by Gasteiger charge is 2.18. The number of anilines is 1. The van der Waals surface area contributed by atoms with Crippen molar-refractivity contribution >= 4 is 27.4 Å². The van der Waals surface area contributed by atoms with Crippen LogP contribution in [-0.2, 0) is 10.0 Å². The summed E-state index contributed by atoms with van der Waals surface area (Å²) in [5, 5.41) is 0.00894. The van der Waals surface area contributed by atoms with Gasteiger partial charge in [0.25, 0.3) is 10.0 Å². The van der Waals surface area contributed by atoms with Crippen molar-refractivity contribution in [2.75, 3.05) is 4.72 Å². The molecule has 0 aliphatic heterocycles. The highest BCUT2D eigenvalue weighted by Crippen LogP contribution is 2.21. The molecule has 0 amide bonds. The summed E-state index contributed by atoms with van der Waals surface area (Å²) in [4.78, 5) is 7.78. The molecule has 1 aromatic carbocycles. The van der Waals surface area contributed by atoms with Crippen LogP contribution in [0.15, 0.2) is 41.6 Å². The van der Waals surface area contributed by atoms with E-state index in [9.17, 15) is 8.42 Å². The molecule has 2 aromatic rings. The largest absolute Gasteiger partial charge is 0.263 e. The molecule has 0 unspecified atom stereocenters. The zero-order valence-electron chi connectivity index (χ0n) is 9.46. The lowest BCUT2D eigenvalue weighted by Crippen LogP contribution is -2.15. The van der Waals surface area contributed by atoms with Gasteiger partial charge in [-0.15, -0.1) is 0 Å². The van der Waals surface area contributed by atoms with E-state index in [-0.39, 0.29) is 15.9 Å². The van der Waals surface area contributed by atoms with Gasteiger partial charge >= 0.3 is 0 Å². The predicted octanol–water partition coefficient (Wildman–Crippen LogP) is 2.24. The number of hydrogen-bond donors (Lipinski definition) is 1. The van der Waals surface area contributed by atoms with Gasteiger partial charge in [0.2, 0.25) is 0 Å². The number of nitrogens with one attached hydrogen (secondary N) is 1. The summed E-state index contributed by atoms with van der Waals surface area (Å²) in [7, 11) is -3.70. The summed E-state index contributed by atoms with van der Waals surface area (Å²) in [5.41, 5.74) is 0.644. The van der Waals surface area contributed by atoms with Crippen LogP contribution in [0.4, 0.5) is 5.82 Å². The van der Waals surface area contributed by atoms with Crippen LogP contribution in [-0.4, -0.2) is 18.4 Å². The third-order valence-electron chi connectivity index (χ3n) is 2.27. The summed E-state index contributed by atoms with van der Waals surface area (Å²) in [6.07, 6.45) is 2.75. The lowest BCUT2D eigenvalue weighted by atomic mass is 10.2. The highest BCUT2D eigenvalue weighted by atomic mass is 35.5. The summed E-state index contributed by atoms with van der Waals surface area (Å²) < 4.78 is 26.6. The van der Waals surface area contributed by atoms with E-state index in [0.717, 1.165) is 0 Å². The average molecular weight is 284 g/mol. The molecule has 0 bridgehead atoms. The molecular weight excluding hydrogens is 274 g/mol. The summed E-state index contributed by atoms with van der Waals surface area (Å²) >= 11 is 5.76. The van der Waals surface area contributed by atoms with Gasteiger partial charge in [0, 0.05) is 12.4 Å². The number of halogens is 1. The summed E-state index contributed by atoms with van der Waals surface area (Å²) in [6.45, 7) is 1.72. The van der Waals surface area contributed by atoms with Gasteiger partial charge in [-0.25, -0.2) is 18.4 Å². The molecule has 1 aromatic heterocycles. The minimum Gasteiger partial charge on any atom is -0.261 e. The van der Waals surface area contributed by atoms with Gasteiger partial charge in [-0.3, -0.25) is 4.72 Å². The number of rotatable bonds is 3. The second-order valence-electron chi connectivity index (χ2n) is 3.57. The second-order valence-corrected chi connectivity index (χ2v) is 5.58. The lowest BCUT2D eigenvalue weighted by Gasteiger charge is -2.09. The number of nitrogens with zero attached hydrogens (tertiary/aromatic N) is 2. The Balaban J connectivity index is 2.40. The quantitative estimate of drug-likeness (QED) is 0.938. The van der Waals surface area contributed by atoms with Crippen molar-refractivity contribution in [3.63, 3.8) is 0 Å². The Kier molecular flexibility index (Phi) is 3.49. The van der Waals surface area contributed by atoms with E-state index in [2.05, 4.69) is 14.7 Å². The van der Waals surface area contributed by atoms with Gasteiger partial charge in [-0.05, 0) is 18.6 Å². The maximum absolute atomic E-state index is 12.1. The van der Waals surface area contributed by atoms with Crippen LogP contribution in [0.1, 0.15) is 5.56 Å². The van der Waals surface area contributed by atoms with E-state index < -0.39 is 10.0 Å². The molecule has 0 saturated carbocycles. The van der Waals surface area contributed by atoms with Crippen LogP contribution >= 0.6 is 11.6 Å². The van der Waals surface area contributed by atoms with Crippen LogP contribution in [0.25, 0.3) is 0 Å². The molecule has 5 nitrogen and oxygen atoms in total. The Morgan fingerprint density at radius 3 is 2.50 bits per heavy atom. The topological polar surface area (TPSA) is 72.0 Å². The maximum atomic E-state index is 12.1. The average Bonchev–Trinajstić information content (AvgIpc) is 2.32. The number of sulfonamides is 1. The molecule has 0 spiro atoms. The van der Waals surface area contributed by atoms with Gasteiger partial charge in [0.15, 0.2) is 11.0 Å². The molecule has 0 atom stereocenters. The Bertz CT molecular complexity index is 673. The van der Waals surface area contributed by atoms with Gasteiger partial charge in [-0.1, -0.05) is 29.8 Å². The maximum Gasteiger partial charge on any atom is 0.263 e. The number of aromatic nitrogens is 2. The van der Waals surface area contributed by atoms with Crippen molar-refractivity contribution in [1.82, 2.24) is 9.97 Å². The molecule has 7 heteroatoms. The molecule has 1 heterocycles. The Morgan fingerprint density at radius 2 is 1.83 bits per heavy atom. The molecule has 18 heavy (non-hydrogen) atoms. The first-order chi connectivity index (χ1) is 8.50. The molecule has 94 valence electrons. The van der Waals surface area contributed by atoms with Crippen LogP contribution in [0, 0.1) is 6.92 Å². The molecule has 0 aliphatic rings. The van der Waals surface area contributed by atoms with Crippen molar-refractivity contribution in [1.29, 1.82) is 0 Å². The Hall–Kier alpha value is -1.66. The first-order valence-electron chi connectivity index (χ1n) is 5.05. The van der Waals surface area contributed by atoms with Gasteiger partial charge < -0.3 is 0 Å². The minimum absolute atomic E-state index is 0.00894. The molecule has 0 radical (unpaired) electrons. The molecular formula is C11H10ClN3O2S. The van der Waals surface area contributed by atoms with Crippen LogP contribution in [0.2, 0.25) is 5.15 Å². The molecule has 0 fully saturated rings. The minimum atomic E-state index is -3.70. The van der Waals surface area contributed by atoms with Crippen molar-refractivity contribution in [3.8, 4) is 0 Å². The second kappa shape index (κ2) is 4.91. The van der Waals surface area contributed by atoms with E-state index in [4.69, 9.17) is 11.6 Å². The highest BCUT2D eigenvalue weighted by molar-refractivity contribution is 7.92. The van der Waals surface area contributed by atoms with Crippen molar-refractivity contribution in [2.45, 2.75) is 11.8 Å². The number of benzene rings is 1. The van der Waals surface area contributed by atoms with Crippen LogP contribution in [0.3, 0.4) is 0 Å². The summed E-state index contributed by atoms with van der Waals surface area (Å²) in [5.74, 6) is 0.0161. The van der Waals surface area contributed by atoms with E-state index in [1.54, 1.807) is 25.1 Å². The van der Waals surface area contributed by atoms with Crippen LogP contribution < -0.4 is 4.72 Å². The molecule has 2 rings (SSSR count). The zero-order chi connectivity index (χ0) is 13.2. The number of aryl methyl sites for hydroxylation is 1. The van der Waals surface area contributed by atoms with Gasteiger partial charge in [0.05, 0.1) is 4.90 Å². The standard InChI is InChI=1S/C11H10ClN3O2S/c1-8-4-2-3-5-9(8)18(16,17)15-11-10(12)13-6-7-14-11/h2-7H,1H3,(H,14,15). The summed E-state index contributed by atoms with van der Waals surface area (Å²) in [6, 6.07) is 6.65. The van der Waals surface area contributed by atoms with Gasteiger partial charge in [-0.2, -0.15) is 0 Å². The monoisotopic (exact) mass is 283 g/mol. The van der Waals surface area contributed by atoms with E-state index in [1.165, 1.54) is 18.5 Å². The number of hydrogen-bond acceptors (Lipinski definition) is 4. The fourth-order valence-electron chi connectivity index (χ4n) is 1.43. The molecule has 0 saturated heterocycles. The molecule has 0 aliphatic carbocycles. The van der Waals surface area contributed by atoms with Crippen LogP contribution in [0.5, 0.6) is 0 Å². The van der Waals surface area contributed by atoms with Crippen molar-refractivity contribution < 1.29 is 8.42 Å². The van der Waals surface area contributed by atoms with E-state index >= 15 is 0 Å². The van der Waals surface area contributed by atoms with Crippen molar-refractivity contribution in [2.24, 2.45) is 0 Å². The fraction of sp³-hybridized carbons (Fsp3) is 0.0909. The first-order valence-corrected chi connectivity index (χ1v) is 6.92. The third-order valence-corrected chi connectivity index (χ3v) is 4.04. The molecule has 1 N–H and O–H groups in total. The smallest absolute Gasteiger partial charge is 0.261 e. The van der Waals surface area contributed by atoms with Gasteiger partial charge in [0.1, 0.15) is 0 Å². The lowest BCUT2D eigenvalue weighted by molar-refractivity contribution is 0.600. The van der Waals surface area contributed by atoms with E-state index in [1.807, 2.05) is 0 Å². The fourth-order valence-corrected chi connectivity index (χ4v) is 2.90. The van der Waals surface area contributed by atoms with E-state index in [0.29, 0.717) is 5.56 Å².